The predicted molar refractivity (Wildman–Crippen MR) is 73.9 cm³/mol. The number of anilines is 1. The number of hydrogen-bond donors (Lipinski definition) is 2. The van der Waals surface area contributed by atoms with Crippen LogP contribution in [0.3, 0.4) is 0 Å². The van der Waals surface area contributed by atoms with E-state index in [0.29, 0.717) is 0 Å². The molecule has 1 aromatic heterocycles. The highest BCUT2D eigenvalue weighted by Crippen LogP contribution is 2.19. The van der Waals surface area contributed by atoms with Gasteiger partial charge in [-0.05, 0) is 23.6 Å². The Balaban J connectivity index is 2.16. The number of nitrogen functional groups attached to an aromatic ring is 1. The van der Waals surface area contributed by atoms with E-state index in [0.717, 1.165) is 17.8 Å². The Bertz CT molecular complexity index is 505. The minimum absolute atomic E-state index is 0.108. The first-order chi connectivity index (χ1) is 8.16. The van der Waals surface area contributed by atoms with Gasteiger partial charge in [-0.15, -0.1) is 11.3 Å². The van der Waals surface area contributed by atoms with Crippen molar-refractivity contribution in [2.45, 2.75) is 6.54 Å². The average Bonchev–Trinajstić information content (AvgIpc) is 2.82. The molecule has 2 rings (SSSR count). The summed E-state index contributed by atoms with van der Waals surface area (Å²) in [5.74, 6) is 0.108. The number of hydrogen-bond acceptors (Lipinski definition) is 3. The maximum absolute atomic E-state index is 7.43. The molecule has 0 aliphatic rings. The number of amidine groups is 1. The van der Waals surface area contributed by atoms with Gasteiger partial charge in [0.15, 0.2) is 0 Å². The quantitative estimate of drug-likeness (QED) is 0.642. The van der Waals surface area contributed by atoms with Crippen molar-refractivity contribution in [2.24, 2.45) is 5.73 Å². The average molecular weight is 245 g/mol. The summed E-state index contributed by atoms with van der Waals surface area (Å²) in [5.41, 5.74) is 7.33. The van der Waals surface area contributed by atoms with Gasteiger partial charge in [-0.25, -0.2) is 0 Å². The van der Waals surface area contributed by atoms with Gasteiger partial charge in [0.2, 0.25) is 0 Å². The molecule has 0 saturated carbocycles. The van der Waals surface area contributed by atoms with Crippen molar-refractivity contribution in [3.63, 3.8) is 0 Å². The number of thiophene rings is 1. The van der Waals surface area contributed by atoms with Gasteiger partial charge in [-0.3, -0.25) is 5.41 Å². The van der Waals surface area contributed by atoms with E-state index in [-0.39, 0.29) is 5.84 Å². The molecular formula is C13H15N3S. The van der Waals surface area contributed by atoms with Gasteiger partial charge in [-0.1, -0.05) is 18.2 Å². The zero-order valence-corrected chi connectivity index (χ0v) is 10.5. The van der Waals surface area contributed by atoms with E-state index < -0.39 is 0 Å². The zero-order valence-electron chi connectivity index (χ0n) is 9.68. The lowest BCUT2D eigenvalue weighted by Crippen LogP contribution is -2.17. The minimum atomic E-state index is 0.108. The van der Waals surface area contributed by atoms with E-state index in [1.807, 2.05) is 31.3 Å². The van der Waals surface area contributed by atoms with Crippen LogP contribution in [-0.2, 0) is 6.54 Å². The predicted octanol–water partition coefficient (Wildman–Crippen LogP) is 2.67. The fourth-order valence-corrected chi connectivity index (χ4v) is 2.40. The summed E-state index contributed by atoms with van der Waals surface area (Å²) in [5, 5.41) is 9.51. The van der Waals surface area contributed by atoms with Crippen molar-refractivity contribution >= 4 is 22.9 Å². The minimum Gasteiger partial charge on any atom is -0.384 e. The molecule has 4 heteroatoms. The molecule has 0 aliphatic heterocycles. The Morgan fingerprint density at radius 1 is 1.35 bits per heavy atom. The van der Waals surface area contributed by atoms with Crippen LogP contribution in [0.2, 0.25) is 0 Å². The van der Waals surface area contributed by atoms with Gasteiger partial charge in [-0.2, -0.15) is 0 Å². The molecule has 0 amide bonds. The van der Waals surface area contributed by atoms with Crippen LogP contribution in [0.1, 0.15) is 10.4 Å². The van der Waals surface area contributed by atoms with Crippen LogP contribution >= 0.6 is 11.3 Å². The van der Waals surface area contributed by atoms with Gasteiger partial charge in [0.25, 0.3) is 0 Å². The Morgan fingerprint density at radius 3 is 2.82 bits per heavy atom. The van der Waals surface area contributed by atoms with E-state index in [1.165, 1.54) is 4.88 Å². The normalized spacial score (nSPS) is 10.2. The molecule has 0 aliphatic carbocycles. The Morgan fingerprint density at radius 2 is 2.18 bits per heavy atom. The van der Waals surface area contributed by atoms with Gasteiger partial charge in [0.1, 0.15) is 5.84 Å². The first-order valence-electron chi connectivity index (χ1n) is 5.35. The third-order valence-corrected chi connectivity index (χ3v) is 3.43. The van der Waals surface area contributed by atoms with Crippen molar-refractivity contribution in [2.75, 3.05) is 11.9 Å². The van der Waals surface area contributed by atoms with Gasteiger partial charge >= 0.3 is 0 Å². The maximum Gasteiger partial charge on any atom is 0.122 e. The second kappa shape index (κ2) is 5.01. The monoisotopic (exact) mass is 245 g/mol. The van der Waals surface area contributed by atoms with E-state index in [4.69, 9.17) is 11.1 Å². The highest BCUT2D eigenvalue weighted by molar-refractivity contribution is 7.09. The van der Waals surface area contributed by atoms with Crippen LogP contribution in [0.4, 0.5) is 5.69 Å². The molecule has 1 aromatic carbocycles. The lowest BCUT2D eigenvalue weighted by Gasteiger charge is -2.19. The van der Waals surface area contributed by atoms with Gasteiger partial charge < -0.3 is 10.6 Å². The van der Waals surface area contributed by atoms with Gasteiger partial charge in [0, 0.05) is 23.2 Å². The molecule has 0 atom stereocenters. The Labute approximate surface area is 105 Å². The number of nitrogens with one attached hydrogen (secondary N) is 1. The summed E-state index contributed by atoms with van der Waals surface area (Å²) < 4.78 is 0. The van der Waals surface area contributed by atoms with E-state index in [9.17, 15) is 0 Å². The first kappa shape index (κ1) is 11.7. The largest absolute Gasteiger partial charge is 0.384 e. The molecular weight excluding hydrogens is 230 g/mol. The van der Waals surface area contributed by atoms with E-state index in [2.05, 4.69) is 22.4 Å². The smallest absolute Gasteiger partial charge is 0.122 e. The van der Waals surface area contributed by atoms with E-state index >= 15 is 0 Å². The molecule has 3 nitrogen and oxygen atoms in total. The van der Waals surface area contributed by atoms with Crippen LogP contribution in [-0.4, -0.2) is 12.9 Å². The summed E-state index contributed by atoms with van der Waals surface area (Å²) in [7, 11) is 2.04. The fraction of sp³-hybridized carbons (Fsp3) is 0.154. The summed E-state index contributed by atoms with van der Waals surface area (Å²) in [6, 6.07) is 11.9. The molecule has 0 bridgehead atoms. The Hall–Kier alpha value is -1.81. The third kappa shape index (κ3) is 2.85. The van der Waals surface area contributed by atoms with Crippen LogP contribution in [0.5, 0.6) is 0 Å². The maximum atomic E-state index is 7.43. The highest BCUT2D eigenvalue weighted by Gasteiger charge is 2.04. The van der Waals surface area contributed by atoms with Crippen LogP contribution < -0.4 is 10.6 Å². The number of benzene rings is 1. The molecule has 0 unspecified atom stereocenters. The highest BCUT2D eigenvalue weighted by atomic mass is 32.1. The summed E-state index contributed by atoms with van der Waals surface area (Å²) >= 11 is 1.75. The molecule has 0 radical (unpaired) electrons. The lowest BCUT2D eigenvalue weighted by molar-refractivity contribution is 0.940. The molecule has 0 saturated heterocycles. The fourth-order valence-electron chi connectivity index (χ4n) is 1.64. The standard InChI is InChI=1S/C13H15N3S/c1-16(9-12-6-3-7-17-12)11-5-2-4-10(8-11)13(14)15/h2-8H,9H2,1H3,(H3,14,15). The van der Waals surface area contributed by atoms with Gasteiger partial charge in [0.05, 0.1) is 6.54 Å². The molecule has 3 N–H and O–H groups in total. The molecule has 88 valence electrons. The van der Waals surface area contributed by atoms with Crippen LogP contribution in [0.15, 0.2) is 41.8 Å². The molecule has 0 fully saturated rings. The zero-order chi connectivity index (χ0) is 12.3. The van der Waals surface area contributed by atoms with E-state index in [1.54, 1.807) is 11.3 Å². The Kier molecular flexibility index (Phi) is 3.44. The summed E-state index contributed by atoms with van der Waals surface area (Å²) in [6.45, 7) is 0.874. The first-order valence-corrected chi connectivity index (χ1v) is 6.23. The SMILES string of the molecule is CN(Cc1cccs1)c1cccc(C(=N)N)c1. The van der Waals surface area contributed by atoms with Crippen LogP contribution in [0.25, 0.3) is 0 Å². The summed E-state index contributed by atoms with van der Waals surface area (Å²) in [4.78, 5) is 3.47. The van der Waals surface area contributed by atoms with Crippen molar-refractivity contribution in [1.29, 1.82) is 5.41 Å². The number of rotatable bonds is 4. The van der Waals surface area contributed by atoms with Crippen molar-refractivity contribution in [3.8, 4) is 0 Å². The van der Waals surface area contributed by atoms with Crippen LogP contribution in [0, 0.1) is 5.41 Å². The lowest BCUT2D eigenvalue weighted by atomic mass is 10.2. The summed E-state index contributed by atoms with van der Waals surface area (Å²) in [6.07, 6.45) is 0. The number of nitrogens with zero attached hydrogens (tertiary/aromatic N) is 1. The third-order valence-electron chi connectivity index (χ3n) is 2.57. The molecule has 2 aromatic rings. The van der Waals surface area contributed by atoms with Crippen molar-refractivity contribution < 1.29 is 0 Å². The number of nitrogens with two attached hydrogens (primary N) is 1. The topological polar surface area (TPSA) is 53.1 Å². The molecule has 17 heavy (non-hydrogen) atoms. The second-order valence-electron chi connectivity index (χ2n) is 3.90. The van der Waals surface area contributed by atoms with Crippen molar-refractivity contribution in [1.82, 2.24) is 0 Å². The molecule has 0 spiro atoms. The second-order valence-corrected chi connectivity index (χ2v) is 4.93. The van der Waals surface area contributed by atoms with Crippen molar-refractivity contribution in [3.05, 3.63) is 52.2 Å². The molecule has 1 heterocycles.